The highest BCUT2D eigenvalue weighted by Crippen LogP contribution is 2.44. The van der Waals surface area contributed by atoms with Gasteiger partial charge in [0, 0.05) is 16.0 Å². The van der Waals surface area contributed by atoms with Gasteiger partial charge in [-0.15, -0.1) is 0 Å². The fraction of sp³-hybridized carbons (Fsp3) is 0.231. The maximum Gasteiger partial charge on any atom is 0.161 e. The molecule has 92 valence electrons. The third-order valence-corrected chi connectivity index (χ3v) is 4.26. The molecule has 0 bridgehead atoms. The van der Waals surface area contributed by atoms with Gasteiger partial charge < -0.3 is 5.73 Å². The number of anilines is 1. The summed E-state index contributed by atoms with van der Waals surface area (Å²) in [6.07, 6.45) is 2.37. The number of halogens is 2. The van der Waals surface area contributed by atoms with Gasteiger partial charge in [-0.05, 0) is 40.9 Å². The highest BCUT2D eigenvalue weighted by atomic mass is 79.9. The van der Waals surface area contributed by atoms with Crippen LogP contribution in [0.15, 0.2) is 33.2 Å². The average Bonchev–Trinajstić information content (AvgIpc) is 3.16. The summed E-state index contributed by atoms with van der Waals surface area (Å²) in [7, 11) is 0. The molecule has 0 saturated heterocycles. The summed E-state index contributed by atoms with van der Waals surface area (Å²) in [6.45, 7) is 0. The summed E-state index contributed by atoms with van der Waals surface area (Å²) in [6, 6.07) is 7.94. The second-order valence-electron chi connectivity index (χ2n) is 4.42. The predicted octanol–water partition coefficient (Wildman–Crippen LogP) is 4.13. The molecule has 18 heavy (non-hydrogen) atoms. The van der Waals surface area contributed by atoms with E-state index in [-0.39, 0.29) is 0 Å². The maximum atomic E-state index is 5.95. The summed E-state index contributed by atoms with van der Waals surface area (Å²) in [5.41, 5.74) is 7.97. The Labute approximate surface area is 122 Å². The first-order valence-corrected chi connectivity index (χ1v) is 7.32. The minimum atomic E-state index is 0.516. The normalized spacial score (nSPS) is 14.8. The lowest BCUT2D eigenvalue weighted by molar-refractivity contribution is 0.984. The van der Waals surface area contributed by atoms with E-state index >= 15 is 0 Å². The first kappa shape index (κ1) is 12.1. The van der Waals surface area contributed by atoms with Crippen LogP contribution in [0.2, 0.25) is 0 Å². The molecule has 0 unspecified atom stereocenters. The fourth-order valence-corrected chi connectivity index (χ4v) is 2.77. The summed E-state index contributed by atoms with van der Waals surface area (Å²) < 4.78 is 1.86. The molecule has 0 spiro atoms. The maximum absolute atomic E-state index is 5.95. The van der Waals surface area contributed by atoms with Crippen molar-refractivity contribution in [2.45, 2.75) is 18.8 Å². The van der Waals surface area contributed by atoms with Crippen molar-refractivity contribution in [1.82, 2.24) is 9.97 Å². The lowest BCUT2D eigenvalue weighted by Crippen LogP contribution is -2.02. The van der Waals surface area contributed by atoms with Crippen LogP contribution in [0.3, 0.4) is 0 Å². The van der Waals surface area contributed by atoms with Gasteiger partial charge in [0.05, 0.1) is 10.2 Å². The minimum absolute atomic E-state index is 0.516. The molecule has 0 aliphatic heterocycles. The predicted molar refractivity (Wildman–Crippen MR) is 79.3 cm³/mol. The van der Waals surface area contributed by atoms with Crippen molar-refractivity contribution in [3.05, 3.63) is 38.9 Å². The van der Waals surface area contributed by atoms with Crippen LogP contribution in [-0.2, 0) is 0 Å². The summed E-state index contributed by atoms with van der Waals surface area (Å²) in [5.74, 6) is 1.75. The Balaban J connectivity index is 2.12. The van der Waals surface area contributed by atoms with Crippen LogP contribution in [0, 0.1) is 0 Å². The van der Waals surface area contributed by atoms with Crippen molar-refractivity contribution in [2.24, 2.45) is 0 Å². The molecule has 0 radical (unpaired) electrons. The third kappa shape index (κ3) is 2.29. The second kappa shape index (κ2) is 4.63. The van der Waals surface area contributed by atoms with E-state index in [0.717, 1.165) is 20.2 Å². The smallest absolute Gasteiger partial charge is 0.161 e. The van der Waals surface area contributed by atoms with Crippen LogP contribution in [0.1, 0.15) is 24.5 Å². The molecule has 2 N–H and O–H groups in total. The van der Waals surface area contributed by atoms with Gasteiger partial charge in [0.1, 0.15) is 5.82 Å². The SMILES string of the molecule is Nc1nc(-c2cccc(Br)c2)nc(C2CC2)c1Br. The molecule has 3 rings (SSSR count). The number of nitrogen functional groups attached to an aromatic ring is 1. The van der Waals surface area contributed by atoms with Gasteiger partial charge in [0.2, 0.25) is 0 Å². The summed E-state index contributed by atoms with van der Waals surface area (Å²) in [4.78, 5) is 9.00. The Morgan fingerprint density at radius 3 is 2.61 bits per heavy atom. The zero-order chi connectivity index (χ0) is 12.7. The van der Waals surface area contributed by atoms with E-state index in [2.05, 4.69) is 41.8 Å². The Kier molecular flexibility index (Phi) is 3.11. The zero-order valence-electron chi connectivity index (χ0n) is 9.53. The molecular formula is C13H11Br2N3. The monoisotopic (exact) mass is 367 g/mol. The van der Waals surface area contributed by atoms with Crippen molar-refractivity contribution < 1.29 is 0 Å². The minimum Gasteiger partial charge on any atom is -0.383 e. The molecular weight excluding hydrogens is 358 g/mol. The van der Waals surface area contributed by atoms with Crippen LogP contribution < -0.4 is 5.73 Å². The average molecular weight is 369 g/mol. The summed E-state index contributed by atoms with van der Waals surface area (Å²) >= 11 is 6.94. The first-order chi connectivity index (χ1) is 8.65. The molecule has 2 aromatic rings. The third-order valence-electron chi connectivity index (χ3n) is 2.95. The van der Waals surface area contributed by atoms with Crippen molar-refractivity contribution in [3.8, 4) is 11.4 Å². The van der Waals surface area contributed by atoms with Gasteiger partial charge in [0.15, 0.2) is 5.82 Å². The molecule has 1 aliphatic carbocycles. The Morgan fingerprint density at radius 2 is 1.94 bits per heavy atom. The van der Waals surface area contributed by atoms with Crippen LogP contribution in [0.5, 0.6) is 0 Å². The Bertz CT molecular complexity index is 609. The van der Waals surface area contributed by atoms with Gasteiger partial charge in [-0.3, -0.25) is 0 Å². The van der Waals surface area contributed by atoms with Crippen LogP contribution in [0.4, 0.5) is 5.82 Å². The van der Waals surface area contributed by atoms with Gasteiger partial charge in [-0.1, -0.05) is 28.1 Å². The van der Waals surface area contributed by atoms with Crippen molar-refractivity contribution >= 4 is 37.7 Å². The molecule has 5 heteroatoms. The molecule has 0 amide bonds. The number of aromatic nitrogens is 2. The molecule has 1 saturated carbocycles. The molecule has 1 aromatic heterocycles. The van der Waals surface area contributed by atoms with E-state index in [9.17, 15) is 0 Å². The van der Waals surface area contributed by atoms with E-state index in [0.29, 0.717) is 17.6 Å². The Morgan fingerprint density at radius 1 is 1.17 bits per heavy atom. The van der Waals surface area contributed by atoms with Crippen molar-refractivity contribution in [3.63, 3.8) is 0 Å². The van der Waals surface area contributed by atoms with Gasteiger partial charge >= 0.3 is 0 Å². The first-order valence-electron chi connectivity index (χ1n) is 5.74. The lowest BCUT2D eigenvalue weighted by Gasteiger charge is -2.08. The van der Waals surface area contributed by atoms with Gasteiger partial charge in [0.25, 0.3) is 0 Å². The largest absolute Gasteiger partial charge is 0.383 e. The topological polar surface area (TPSA) is 51.8 Å². The van der Waals surface area contributed by atoms with Gasteiger partial charge in [-0.25, -0.2) is 9.97 Å². The number of rotatable bonds is 2. The highest BCUT2D eigenvalue weighted by molar-refractivity contribution is 9.11. The lowest BCUT2D eigenvalue weighted by atomic mass is 10.2. The number of hydrogen-bond acceptors (Lipinski definition) is 3. The molecule has 0 atom stereocenters. The van der Waals surface area contributed by atoms with Crippen LogP contribution in [-0.4, -0.2) is 9.97 Å². The Hall–Kier alpha value is -0.940. The number of nitrogens with two attached hydrogens (primary N) is 1. The standard InChI is InChI=1S/C13H11Br2N3/c14-9-3-1-2-8(6-9)13-17-11(7-4-5-7)10(15)12(16)18-13/h1-3,6-7H,4-5H2,(H2,16,17,18). The number of nitrogens with zero attached hydrogens (tertiary/aromatic N) is 2. The molecule has 1 aliphatic rings. The van der Waals surface area contributed by atoms with E-state index in [1.165, 1.54) is 12.8 Å². The second-order valence-corrected chi connectivity index (χ2v) is 6.12. The quantitative estimate of drug-likeness (QED) is 0.866. The number of hydrogen-bond donors (Lipinski definition) is 1. The molecule has 1 fully saturated rings. The van der Waals surface area contributed by atoms with E-state index in [4.69, 9.17) is 5.73 Å². The summed E-state index contributed by atoms with van der Waals surface area (Å²) in [5, 5.41) is 0. The van der Waals surface area contributed by atoms with Crippen molar-refractivity contribution in [1.29, 1.82) is 0 Å². The zero-order valence-corrected chi connectivity index (χ0v) is 12.7. The van der Waals surface area contributed by atoms with Gasteiger partial charge in [-0.2, -0.15) is 0 Å². The fourth-order valence-electron chi connectivity index (χ4n) is 1.87. The number of benzene rings is 1. The van der Waals surface area contributed by atoms with E-state index < -0.39 is 0 Å². The molecule has 1 aromatic carbocycles. The van der Waals surface area contributed by atoms with Crippen LogP contribution in [0.25, 0.3) is 11.4 Å². The van der Waals surface area contributed by atoms with Crippen molar-refractivity contribution in [2.75, 3.05) is 5.73 Å². The molecule has 3 nitrogen and oxygen atoms in total. The van der Waals surface area contributed by atoms with E-state index in [1.54, 1.807) is 0 Å². The molecule has 1 heterocycles. The van der Waals surface area contributed by atoms with Crippen LogP contribution >= 0.6 is 31.9 Å². The van der Waals surface area contributed by atoms with E-state index in [1.807, 2.05) is 24.3 Å². The highest BCUT2D eigenvalue weighted by Gasteiger charge is 2.29.